The van der Waals surface area contributed by atoms with Gasteiger partial charge in [-0.25, -0.2) is 9.97 Å². The molecule has 2 aromatic heterocycles. The Morgan fingerprint density at radius 1 is 1.06 bits per heavy atom. The lowest BCUT2D eigenvalue weighted by Crippen LogP contribution is -2.26. The number of nitrogens with zero attached hydrogens (tertiary/aromatic N) is 2. The van der Waals surface area contributed by atoms with Crippen LogP contribution in [0.4, 0.5) is 11.5 Å². The van der Waals surface area contributed by atoms with Crippen molar-refractivity contribution < 1.29 is 9.53 Å². The van der Waals surface area contributed by atoms with E-state index in [2.05, 4.69) is 25.6 Å². The maximum Gasteiger partial charge on any atom is 0.267 e. The first-order valence-corrected chi connectivity index (χ1v) is 10.1. The summed E-state index contributed by atoms with van der Waals surface area (Å²) in [6.45, 7) is 1.57. The first-order valence-electron chi connectivity index (χ1n) is 10.1. The Morgan fingerprint density at radius 3 is 2.65 bits per heavy atom. The fourth-order valence-electron chi connectivity index (χ4n) is 3.07. The molecule has 0 saturated carbocycles. The largest absolute Gasteiger partial charge is 0.489 e. The molecular weight excluding hydrogens is 392 g/mol. The standard InChI is InChI=1S/C23H24N6O2/c24-11-4-12-25-23(30)20-13-19-21(26-15-27-22(19)29-20)28-17-7-9-18(10-8-17)31-14-16-5-2-1-3-6-16/h1-3,5-10,13,15H,4,11-12,14,24H2,(H,25,30)(H2,26,27,28,29). The minimum absolute atomic E-state index is 0.197. The van der Waals surface area contributed by atoms with E-state index >= 15 is 0 Å². The number of anilines is 2. The van der Waals surface area contributed by atoms with Gasteiger partial charge in [-0.05, 0) is 48.9 Å². The minimum atomic E-state index is -0.197. The summed E-state index contributed by atoms with van der Waals surface area (Å²) in [7, 11) is 0. The molecule has 8 nitrogen and oxygen atoms in total. The number of nitrogens with two attached hydrogens (primary N) is 1. The Labute approximate surface area is 179 Å². The SMILES string of the molecule is NCCCNC(=O)c1cc2c(Nc3ccc(OCc4ccccc4)cc3)ncnc2[nH]1. The van der Waals surface area contributed by atoms with Crippen LogP contribution in [0.3, 0.4) is 0 Å². The molecule has 0 atom stereocenters. The van der Waals surface area contributed by atoms with Crippen molar-refractivity contribution in [3.8, 4) is 5.75 Å². The van der Waals surface area contributed by atoms with Crippen LogP contribution < -0.4 is 21.1 Å². The zero-order valence-electron chi connectivity index (χ0n) is 17.0. The van der Waals surface area contributed by atoms with Gasteiger partial charge >= 0.3 is 0 Å². The lowest BCUT2D eigenvalue weighted by Gasteiger charge is -2.09. The Hall–Kier alpha value is -3.91. The molecule has 0 saturated heterocycles. The zero-order chi connectivity index (χ0) is 21.5. The Morgan fingerprint density at radius 2 is 1.87 bits per heavy atom. The minimum Gasteiger partial charge on any atom is -0.489 e. The molecule has 2 heterocycles. The first kappa shape index (κ1) is 20.4. The third-order valence-electron chi connectivity index (χ3n) is 4.70. The molecule has 0 bridgehead atoms. The van der Waals surface area contributed by atoms with Crippen molar-refractivity contribution in [3.05, 3.63) is 78.2 Å². The van der Waals surface area contributed by atoms with Crippen LogP contribution in [-0.2, 0) is 6.61 Å². The summed E-state index contributed by atoms with van der Waals surface area (Å²) in [5.74, 6) is 1.19. The lowest BCUT2D eigenvalue weighted by atomic mass is 10.2. The molecule has 4 rings (SSSR count). The van der Waals surface area contributed by atoms with Crippen molar-refractivity contribution in [1.82, 2.24) is 20.3 Å². The number of benzene rings is 2. The van der Waals surface area contributed by atoms with Gasteiger partial charge in [-0.3, -0.25) is 4.79 Å². The maximum absolute atomic E-state index is 12.3. The third kappa shape index (κ3) is 5.18. The number of amides is 1. The lowest BCUT2D eigenvalue weighted by molar-refractivity contribution is 0.0949. The van der Waals surface area contributed by atoms with Gasteiger partial charge in [-0.15, -0.1) is 0 Å². The summed E-state index contributed by atoms with van der Waals surface area (Å²) in [6.07, 6.45) is 2.18. The van der Waals surface area contributed by atoms with E-state index < -0.39 is 0 Å². The van der Waals surface area contributed by atoms with Gasteiger partial charge in [0.15, 0.2) is 0 Å². The zero-order valence-corrected chi connectivity index (χ0v) is 17.0. The van der Waals surface area contributed by atoms with Gasteiger partial charge in [0, 0.05) is 12.2 Å². The number of H-pyrrole nitrogens is 1. The maximum atomic E-state index is 12.3. The fourth-order valence-corrected chi connectivity index (χ4v) is 3.07. The van der Waals surface area contributed by atoms with E-state index in [1.165, 1.54) is 6.33 Å². The quantitative estimate of drug-likeness (QED) is 0.311. The van der Waals surface area contributed by atoms with E-state index in [1.807, 2.05) is 54.6 Å². The predicted molar refractivity (Wildman–Crippen MR) is 120 cm³/mol. The number of aromatic nitrogens is 3. The number of hydrogen-bond acceptors (Lipinski definition) is 6. The molecule has 0 unspecified atom stereocenters. The number of hydrogen-bond donors (Lipinski definition) is 4. The van der Waals surface area contributed by atoms with Gasteiger partial charge in [-0.2, -0.15) is 0 Å². The molecule has 0 aliphatic carbocycles. The molecule has 0 fully saturated rings. The van der Waals surface area contributed by atoms with Crippen LogP contribution in [0.2, 0.25) is 0 Å². The van der Waals surface area contributed by atoms with Gasteiger partial charge in [0.2, 0.25) is 0 Å². The van der Waals surface area contributed by atoms with Crippen LogP contribution in [-0.4, -0.2) is 33.9 Å². The highest BCUT2D eigenvalue weighted by Gasteiger charge is 2.13. The van der Waals surface area contributed by atoms with Crippen molar-refractivity contribution in [2.45, 2.75) is 13.0 Å². The highest BCUT2D eigenvalue weighted by Crippen LogP contribution is 2.25. The van der Waals surface area contributed by atoms with E-state index in [0.717, 1.165) is 28.8 Å². The van der Waals surface area contributed by atoms with Gasteiger partial charge in [-0.1, -0.05) is 30.3 Å². The second kappa shape index (κ2) is 9.73. The Balaban J connectivity index is 1.43. The summed E-state index contributed by atoms with van der Waals surface area (Å²) in [5, 5.41) is 6.84. The van der Waals surface area contributed by atoms with E-state index in [4.69, 9.17) is 10.5 Å². The van der Waals surface area contributed by atoms with Crippen LogP contribution in [0.1, 0.15) is 22.5 Å². The summed E-state index contributed by atoms with van der Waals surface area (Å²) in [6, 6.07) is 19.4. The van der Waals surface area contributed by atoms with Gasteiger partial charge in [0.25, 0.3) is 5.91 Å². The number of fused-ring (bicyclic) bond motifs is 1. The Kier molecular flexibility index (Phi) is 6.39. The molecular formula is C23H24N6O2. The molecule has 31 heavy (non-hydrogen) atoms. The monoisotopic (exact) mass is 416 g/mol. The van der Waals surface area contributed by atoms with Crippen molar-refractivity contribution in [2.24, 2.45) is 5.73 Å². The van der Waals surface area contributed by atoms with E-state index in [-0.39, 0.29) is 5.91 Å². The van der Waals surface area contributed by atoms with E-state index in [1.54, 1.807) is 6.07 Å². The number of carbonyl (C=O) groups excluding carboxylic acids is 1. The smallest absolute Gasteiger partial charge is 0.267 e. The molecule has 0 spiro atoms. The molecule has 0 aliphatic heterocycles. The van der Waals surface area contributed by atoms with Gasteiger partial charge < -0.3 is 26.1 Å². The topological polar surface area (TPSA) is 118 Å². The molecule has 0 aliphatic rings. The average Bonchev–Trinajstić information content (AvgIpc) is 3.25. The Bertz CT molecular complexity index is 1140. The third-order valence-corrected chi connectivity index (χ3v) is 4.70. The first-order chi connectivity index (χ1) is 15.2. The molecule has 158 valence electrons. The van der Waals surface area contributed by atoms with Crippen LogP contribution in [0.15, 0.2) is 67.0 Å². The highest BCUT2D eigenvalue weighted by molar-refractivity contribution is 6.00. The van der Waals surface area contributed by atoms with E-state index in [9.17, 15) is 4.79 Å². The van der Waals surface area contributed by atoms with Crippen LogP contribution in [0.5, 0.6) is 5.75 Å². The summed E-state index contributed by atoms with van der Waals surface area (Å²) in [5.41, 5.74) is 8.45. The highest BCUT2D eigenvalue weighted by atomic mass is 16.5. The van der Waals surface area contributed by atoms with Crippen molar-refractivity contribution in [3.63, 3.8) is 0 Å². The van der Waals surface area contributed by atoms with Crippen LogP contribution in [0, 0.1) is 0 Å². The average molecular weight is 416 g/mol. The second-order valence-electron chi connectivity index (χ2n) is 6.99. The van der Waals surface area contributed by atoms with Crippen molar-refractivity contribution in [2.75, 3.05) is 18.4 Å². The van der Waals surface area contributed by atoms with Crippen molar-refractivity contribution >= 4 is 28.4 Å². The number of aromatic amines is 1. The molecule has 8 heteroatoms. The number of rotatable bonds is 9. The van der Waals surface area contributed by atoms with Gasteiger partial charge in [0.1, 0.15) is 35.8 Å². The molecule has 1 amide bonds. The van der Waals surface area contributed by atoms with Crippen LogP contribution in [0.25, 0.3) is 11.0 Å². The normalized spacial score (nSPS) is 10.7. The molecule has 4 aromatic rings. The summed E-state index contributed by atoms with van der Waals surface area (Å²) >= 11 is 0. The molecule has 0 radical (unpaired) electrons. The summed E-state index contributed by atoms with van der Waals surface area (Å²) in [4.78, 5) is 23.9. The summed E-state index contributed by atoms with van der Waals surface area (Å²) < 4.78 is 5.83. The second-order valence-corrected chi connectivity index (χ2v) is 6.99. The number of nitrogens with one attached hydrogen (secondary N) is 3. The number of carbonyl (C=O) groups is 1. The van der Waals surface area contributed by atoms with Crippen LogP contribution >= 0.6 is 0 Å². The van der Waals surface area contributed by atoms with Gasteiger partial charge in [0.05, 0.1) is 5.39 Å². The predicted octanol–water partition coefficient (Wildman–Crippen LogP) is 3.36. The van der Waals surface area contributed by atoms with E-state index in [0.29, 0.717) is 36.9 Å². The number of ether oxygens (including phenoxy) is 1. The molecule has 5 N–H and O–H groups in total. The molecule has 2 aromatic carbocycles. The van der Waals surface area contributed by atoms with Crippen molar-refractivity contribution in [1.29, 1.82) is 0 Å². The fraction of sp³-hybridized carbons (Fsp3) is 0.174.